The molecule has 0 aliphatic carbocycles. The molecule has 0 radical (unpaired) electrons. The summed E-state index contributed by atoms with van der Waals surface area (Å²) in [6.07, 6.45) is -0.0816. The molecule has 1 aliphatic rings. The molecule has 0 bridgehead atoms. The van der Waals surface area contributed by atoms with Crippen molar-refractivity contribution in [1.82, 2.24) is 10.9 Å². The predicted octanol–water partition coefficient (Wildman–Crippen LogP) is -2.10. The summed E-state index contributed by atoms with van der Waals surface area (Å²) in [4.78, 5) is 13.8. The minimum Gasteiger partial charge on any atom is -0.772 e. The van der Waals surface area contributed by atoms with Crippen LogP contribution >= 0.6 is 0 Å². The van der Waals surface area contributed by atoms with E-state index in [-0.39, 0.29) is 11.6 Å². The van der Waals surface area contributed by atoms with E-state index in [4.69, 9.17) is 0 Å². The normalized spacial score (nSPS) is 25.5. The Morgan fingerprint density at radius 1 is 1.82 bits per heavy atom. The van der Waals surface area contributed by atoms with Gasteiger partial charge >= 0.3 is 0 Å². The Bertz CT molecular complexity index is 217. The number of aliphatic imine (C=N–C) groups is 1. The van der Waals surface area contributed by atoms with Crippen LogP contribution in [0.3, 0.4) is 0 Å². The van der Waals surface area contributed by atoms with E-state index < -0.39 is 17.2 Å². The highest BCUT2D eigenvalue weighted by Gasteiger charge is 2.13. The number of aldehydes is 1. The Labute approximate surface area is 65.3 Å². The number of amidine groups is 1. The van der Waals surface area contributed by atoms with E-state index in [0.717, 1.165) is 0 Å². The summed E-state index contributed by atoms with van der Waals surface area (Å²) in [5, 5.41) is 0. The van der Waals surface area contributed by atoms with Crippen LogP contribution < -0.4 is 10.9 Å². The monoisotopic (exact) mass is 176 g/mol. The molecule has 1 aliphatic heterocycles. The molecule has 0 saturated heterocycles. The van der Waals surface area contributed by atoms with Gasteiger partial charge in [0.1, 0.15) is 5.84 Å². The SMILES string of the molecule is O=CC1N=C(CS(=O)[O-])NN1. The number of carbonyl (C=O) groups is 1. The lowest BCUT2D eigenvalue weighted by Gasteiger charge is -2.03. The molecular formula is C4H6N3O3S-. The number of hydrogen-bond acceptors (Lipinski definition) is 6. The summed E-state index contributed by atoms with van der Waals surface area (Å²) < 4.78 is 20.2. The molecule has 0 aromatic carbocycles. The van der Waals surface area contributed by atoms with Crippen molar-refractivity contribution in [2.24, 2.45) is 4.99 Å². The second kappa shape index (κ2) is 3.56. The lowest BCUT2D eigenvalue weighted by Crippen LogP contribution is -2.37. The first kappa shape index (κ1) is 8.31. The van der Waals surface area contributed by atoms with Crippen molar-refractivity contribution in [2.75, 3.05) is 5.75 Å². The van der Waals surface area contributed by atoms with Crippen molar-refractivity contribution in [3.63, 3.8) is 0 Å². The molecule has 0 fully saturated rings. The van der Waals surface area contributed by atoms with Crippen LogP contribution in [0.4, 0.5) is 0 Å². The standard InChI is InChI=1S/C4H7N3O3S/c8-1-3-5-4(7-6-3)2-11(9)10/h1,3,6H,2H2,(H,5,7)(H,9,10)/p-1. The second-order valence-corrected chi connectivity index (χ2v) is 2.77. The lowest BCUT2D eigenvalue weighted by atomic mass is 10.6. The fraction of sp³-hybridized carbons (Fsp3) is 0.500. The molecule has 2 atom stereocenters. The van der Waals surface area contributed by atoms with Gasteiger partial charge < -0.3 is 9.98 Å². The highest BCUT2D eigenvalue weighted by molar-refractivity contribution is 7.79. The zero-order chi connectivity index (χ0) is 8.27. The number of nitrogens with zero attached hydrogens (tertiary/aromatic N) is 1. The third-order valence-corrected chi connectivity index (χ3v) is 1.55. The summed E-state index contributed by atoms with van der Waals surface area (Å²) in [7, 11) is 0. The van der Waals surface area contributed by atoms with E-state index in [1.807, 2.05) is 0 Å². The van der Waals surface area contributed by atoms with Crippen LogP contribution in [0, 0.1) is 0 Å². The molecule has 0 saturated carbocycles. The van der Waals surface area contributed by atoms with Gasteiger partial charge in [0.05, 0.1) is 5.75 Å². The maximum absolute atomic E-state index is 10.1. The third kappa shape index (κ3) is 2.37. The van der Waals surface area contributed by atoms with Crippen LogP contribution in [0.5, 0.6) is 0 Å². The molecular weight excluding hydrogens is 170 g/mol. The van der Waals surface area contributed by atoms with E-state index in [0.29, 0.717) is 6.29 Å². The first-order valence-corrected chi connectivity index (χ1v) is 4.06. The van der Waals surface area contributed by atoms with Crippen molar-refractivity contribution in [2.45, 2.75) is 6.17 Å². The topological polar surface area (TPSA) is 93.6 Å². The third-order valence-electron chi connectivity index (χ3n) is 1.04. The van der Waals surface area contributed by atoms with Crippen molar-refractivity contribution >= 4 is 23.2 Å². The smallest absolute Gasteiger partial charge is 0.174 e. The predicted molar refractivity (Wildman–Crippen MR) is 37.3 cm³/mol. The van der Waals surface area contributed by atoms with E-state index in [9.17, 15) is 13.6 Å². The van der Waals surface area contributed by atoms with Crippen LogP contribution in [0.1, 0.15) is 0 Å². The number of nitrogens with one attached hydrogen (secondary N) is 2. The van der Waals surface area contributed by atoms with E-state index in [2.05, 4.69) is 15.8 Å². The Morgan fingerprint density at radius 3 is 3.00 bits per heavy atom. The zero-order valence-corrected chi connectivity index (χ0v) is 6.26. The second-order valence-electron chi connectivity index (χ2n) is 1.87. The minimum atomic E-state index is -2.17. The Morgan fingerprint density at radius 2 is 2.55 bits per heavy atom. The average Bonchev–Trinajstić information content (AvgIpc) is 2.34. The molecule has 0 spiro atoms. The minimum absolute atomic E-state index is 0.197. The van der Waals surface area contributed by atoms with Gasteiger partial charge in [0.15, 0.2) is 12.5 Å². The van der Waals surface area contributed by atoms with Crippen LogP contribution in [-0.2, 0) is 15.9 Å². The molecule has 1 rings (SSSR count). The zero-order valence-electron chi connectivity index (χ0n) is 5.44. The lowest BCUT2D eigenvalue weighted by molar-refractivity contribution is -0.109. The molecule has 2 unspecified atom stereocenters. The van der Waals surface area contributed by atoms with Crippen LogP contribution in [0.25, 0.3) is 0 Å². The number of carbonyl (C=O) groups excluding carboxylic acids is 1. The molecule has 2 N–H and O–H groups in total. The molecule has 1 heterocycles. The van der Waals surface area contributed by atoms with Crippen molar-refractivity contribution in [3.05, 3.63) is 0 Å². The van der Waals surface area contributed by atoms with E-state index in [1.54, 1.807) is 0 Å². The summed E-state index contributed by atoms with van der Waals surface area (Å²) in [5.41, 5.74) is 4.93. The molecule has 62 valence electrons. The van der Waals surface area contributed by atoms with Gasteiger partial charge in [-0.15, -0.1) is 0 Å². The largest absolute Gasteiger partial charge is 0.772 e. The maximum atomic E-state index is 10.1. The maximum Gasteiger partial charge on any atom is 0.174 e. The molecule has 7 heteroatoms. The van der Waals surface area contributed by atoms with Crippen LogP contribution in [0.2, 0.25) is 0 Å². The van der Waals surface area contributed by atoms with Crippen LogP contribution in [0.15, 0.2) is 4.99 Å². The summed E-state index contributed by atoms with van der Waals surface area (Å²) >= 11 is -2.17. The number of hydrazine groups is 1. The van der Waals surface area contributed by atoms with Gasteiger partial charge in [-0.2, -0.15) is 0 Å². The van der Waals surface area contributed by atoms with Gasteiger partial charge in [0, 0.05) is 0 Å². The summed E-state index contributed by atoms with van der Waals surface area (Å²) in [5.74, 6) is 0.0626. The highest BCUT2D eigenvalue weighted by atomic mass is 32.2. The van der Waals surface area contributed by atoms with Crippen molar-refractivity contribution in [3.8, 4) is 0 Å². The van der Waals surface area contributed by atoms with E-state index in [1.165, 1.54) is 0 Å². The molecule has 0 aromatic rings. The quantitative estimate of drug-likeness (QED) is 0.379. The molecule has 11 heavy (non-hydrogen) atoms. The molecule has 0 aromatic heterocycles. The highest BCUT2D eigenvalue weighted by Crippen LogP contribution is 1.90. The van der Waals surface area contributed by atoms with Gasteiger partial charge in [-0.1, -0.05) is 0 Å². The average molecular weight is 176 g/mol. The number of hydrogen-bond donors (Lipinski definition) is 2. The van der Waals surface area contributed by atoms with E-state index >= 15 is 0 Å². The summed E-state index contributed by atoms with van der Waals surface area (Å²) in [6, 6.07) is 0. The summed E-state index contributed by atoms with van der Waals surface area (Å²) in [6.45, 7) is 0. The van der Waals surface area contributed by atoms with Crippen molar-refractivity contribution < 1.29 is 13.6 Å². The Kier molecular flexibility index (Phi) is 2.69. The Balaban J connectivity index is 2.48. The van der Waals surface area contributed by atoms with Crippen molar-refractivity contribution in [1.29, 1.82) is 0 Å². The van der Waals surface area contributed by atoms with Gasteiger partial charge in [-0.3, -0.25) is 9.00 Å². The fourth-order valence-corrected chi connectivity index (χ4v) is 1.01. The Hall–Kier alpha value is -0.790. The first-order chi connectivity index (χ1) is 5.22. The fourth-order valence-electron chi connectivity index (χ4n) is 0.639. The van der Waals surface area contributed by atoms with Crippen LogP contribution in [-0.4, -0.2) is 32.8 Å². The molecule has 0 amide bonds. The number of rotatable bonds is 3. The first-order valence-electron chi connectivity index (χ1n) is 2.82. The van der Waals surface area contributed by atoms with Gasteiger partial charge in [-0.05, 0) is 11.1 Å². The molecule has 6 nitrogen and oxygen atoms in total. The van der Waals surface area contributed by atoms with Gasteiger partial charge in [0.2, 0.25) is 0 Å². The van der Waals surface area contributed by atoms with Gasteiger partial charge in [0.25, 0.3) is 0 Å². The van der Waals surface area contributed by atoms with Gasteiger partial charge in [-0.25, -0.2) is 10.4 Å².